The lowest BCUT2D eigenvalue weighted by molar-refractivity contribution is -0.464. The van der Waals surface area contributed by atoms with E-state index >= 15 is 0 Å². The van der Waals surface area contributed by atoms with E-state index in [0.717, 1.165) is 0 Å². The first kappa shape index (κ1) is 15.4. The molecule has 0 bridgehead atoms. The summed E-state index contributed by atoms with van der Waals surface area (Å²) in [5.74, 6) is -0.179. The molecule has 19 heavy (non-hydrogen) atoms. The number of carbonyl (C=O) groups is 1. The van der Waals surface area contributed by atoms with E-state index in [9.17, 15) is 14.9 Å². The first-order valence-electron chi connectivity index (χ1n) is 6.07. The van der Waals surface area contributed by atoms with Crippen molar-refractivity contribution in [1.29, 1.82) is 0 Å². The molecule has 0 fully saturated rings. The third kappa shape index (κ3) is 5.21. The fourth-order valence-electron chi connectivity index (χ4n) is 1.87. The van der Waals surface area contributed by atoms with Gasteiger partial charge in [0.05, 0.1) is 18.6 Å². The molecule has 1 aliphatic heterocycles. The van der Waals surface area contributed by atoms with Crippen LogP contribution in [0.3, 0.4) is 0 Å². The maximum atomic E-state index is 11.1. The molecule has 0 spiro atoms. The average molecular weight is 272 g/mol. The van der Waals surface area contributed by atoms with Gasteiger partial charge in [0.25, 0.3) is 6.54 Å². The Morgan fingerprint density at radius 2 is 2.26 bits per heavy atom. The van der Waals surface area contributed by atoms with Crippen molar-refractivity contribution in [3.8, 4) is 0 Å². The zero-order valence-electron chi connectivity index (χ0n) is 11.5. The molecule has 1 atom stereocenters. The van der Waals surface area contributed by atoms with Crippen LogP contribution in [0.2, 0.25) is 0 Å². The van der Waals surface area contributed by atoms with Crippen molar-refractivity contribution in [3.05, 3.63) is 10.1 Å². The van der Waals surface area contributed by atoms with Crippen LogP contribution in [0.1, 0.15) is 27.2 Å². The molecule has 1 heterocycles. The summed E-state index contributed by atoms with van der Waals surface area (Å²) in [5.41, 5.74) is 4.72. The summed E-state index contributed by atoms with van der Waals surface area (Å²) < 4.78 is 5.77. The van der Waals surface area contributed by atoms with Gasteiger partial charge in [-0.3, -0.25) is 19.9 Å². The lowest BCUT2D eigenvalue weighted by Gasteiger charge is -2.34. The number of amidine groups is 1. The van der Waals surface area contributed by atoms with Gasteiger partial charge in [-0.2, -0.15) is 0 Å². The largest absolute Gasteiger partial charge is 0.370 e. The number of ether oxygens (including phenoxy) is 1. The molecule has 8 nitrogen and oxygen atoms in total. The van der Waals surface area contributed by atoms with Crippen molar-refractivity contribution < 1.29 is 14.5 Å². The van der Waals surface area contributed by atoms with Gasteiger partial charge in [-0.25, -0.2) is 0 Å². The van der Waals surface area contributed by atoms with Crippen LogP contribution in [0.15, 0.2) is 4.99 Å². The van der Waals surface area contributed by atoms with Gasteiger partial charge in [-0.1, -0.05) is 0 Å². The highest BCUT2D eigenvalue weighted by molar-refractivity contribution is 5.85. The minimum absolute atomic E-state index is 0.0198. The summed E-state index contributed by atoms with van der Waals surface area (Å²) in [6.45, 7) is 6.13. The predicted octanol–water partition coefficient (Wildman–Crippen LogP) is -0.00620. The summed E-state index contributed by atoms with van der Waals surface area (Å²) in [6, 6.07) is 0. The van der Waals surface area contributed by atoms with E-state index in [-0.39, 0.29) is 13.0 Å². The van der Waals surface area contributed by atoms with E-state index in [1.165, 1.54) is 0 Å². The van der Waals surface area contributed by atoms with Crippen LogP contribution >= 0.6 is 0 Å². The second kappa shape index (κ2) is 5.96. The van der Waals surface area contributed by atoms with Crippen molar-refractivity contribution in [2.75, 3.05) is 19.6 Å². The molecule has 0 aromatic rings. The lowest BCUT2D eigenvalue weighted by atomic mass is 10.2. The van der Waals surface area contributed by atoms with Gasteiger partial charge >= 0.3 is 0 Å². The Morgan fingerprint density at radius 1 is 1.63 bits per heavy atom. The average Bonchev–Trinajstić information content (AvgIpc) is 2.60. The number of nitrogens with two attached hydrogens (primary N) is 1. The quantitative estimate of drug-likeness (QED) is 0.540. The number of hydrogen-bond donors (Lipinski definition) is 1. The van der Waals surface area contributed by atoms with Crippen LogP contribution in [0.5, 0.6) is 0 Å². The maximum absolute atomic E-state index is 11.1. The monoisotopic (exact) mass is 272 g/mol. The molecule has 0 aliphatic carbocycles. The number of nitrogens with zero attached hydrogens (tertiary/aromatic N) is 3. The van der Waals surface area contributed by atoms with Gasteiger partial charge in [0.1, 0.15) is 6.23 Å². The van der Waals surface area contributed by atoms with Gasteiger partial charge in [-0.05, 0) is 20.8 Å². The molecule has 0 saturated carbocycles. The predicted molar refractivity (Wildman–Crippen MR) is 69.3 cm³/mol. The Morgan fingerprint density at radius 3 is 2.74 bits per heavy atom. The first-order chi connectivity index (χ1) is 8.69. The van der Waals surface area contributed by atoms with E-state index in [1.54, 1.807) is 4.90 Å². The normalized spacial score (nSPS) is 17.2. The summed E-state index contributed by atoms with van der Waals surface area (Å²) in [4.78, 5) is 27.0. The highest BCUT2D eigenvalue weighted by Gasteiger charge is 2.32. The highest BCUT2D eigenvalue weighted by atomic mass is 16.6. The molecular formula is C11H20N4O4. The smallest absolute Gasteiger partial charge is 0.260 e. The topological polar surface area (TPSA) is 111 Å². The zero-order valence-corrected chi connectivity index (χ0v) is 11.5. The Kier molecular flexibility index (Phi) is 4.82. The van der Waals surface area contributed by atoms with Crippen LogP contribution < -0.4 is 5.73 Å². The maximum Gasteiger partial charge on any atom is 0.260 e. The molecule has 8 heteroatoms. The second-order valence-electron chi connectivity index (χ2n) is 5.34. The van der Waals surface area contributed by atoms with Crippen molar-refractivity contribution in [3.63, 3.8) is 0 Å². The van der Waals surface area contributed by atoms with E-state index in [0.29, 0.717) is 18.9 Å². The molecule has 0 aromatic heterocycles. The molecule has 1 amide bonds. The van der Waals surface area contributed by atoms with E-state index in [1.807, 2.05) is 20.8 Å². The van der Waals surface area contributed by atoms with Gasteiger partial charge in [0, 0.05) is 11.5 Å². The van der Waals surface area contributed by atoms with Crippen LogP contribution in [0.25, 0.3) is 0 Å². The van der Waals surface area contributed by atoms with Gasteiger partial charge in [-0.15, -0.1) is 0 Å². The number of aliphatic imine (C=N–C) groups is 1. The highest BCUT2D eigenvalue weighted by Crippen LogP contribution is 2.19. The summed E-state index contributed by atoms with van der Waals surface area (Å²) in [7, 11) is 0. The Labute approximate surface area is 111 Å². The minimum atomic E-state index is -0.612. The number of amides is 1. The molecule has 1 aliphatic rings. The van der Waals surface area contributed by atoms with E-state index in [4.69, 9.17) is 10.5 Å². The number of hydrogen-bond acceptors (Lipinski definition) is 6. The van der Waals surface area contributed by atoms with Gasteiger partial charge in [0.15, 0.2) is 5.84 Å². The summed E-state index contributed by atoms with van der Waals surface area (Å²) in [6.07, 6.45) is -0.632. The van der Waals surface area contributed by atoms with E-state index in [2.05, 4.69) is 4.99 Å². The van der Waals surface area contributed by atoms with Gasteiger partial charge < -0.3 is 15.4 Å². The van der Waals surface area contributed by atoms with Crippen molar-refractivity contribution in [2.24, 2.45) is 10.7 Å². The third-order valence-electron chi connectivity index (χ3n) is 2.45. The zero-order chi connectivity index (χ0) is 14.6. The van der Waals surface area contributed by atoms with Crippen LogP contribution in [-0.4, -0.2) is 53.0 Å². The molecular weight excluding hydrogens is 252 g/mol. The molecule has 2 N–H and O–H groups in total. The Bertz CT molecular complexity index is 389. The summed E-state index contributed by atoms with van der Waals surface area (Å²) >= 11 is 0. The molecule has 108 valence electrons. The van der Waals surface area contributed by atoms with Gasteiger partial charge in [0.2, 0.25) is 5.91 Å². The summed E-state index contributed by atoms with van der Waals surface area (Å²) in [5, 5.41) is 10.6. The molecule has 0 saturated heterocycles. The molecule has 1 unspecified atom stereocenters. The fourth-order valence-corrected chi connectivity index (χ4v) is 1.87. The molecule has 0 aromatic carbocycles. The van der Waals surface area contributed by atoms with Crippen molar-refractivity contribution in [2.45, 2.75) is 39.0 Å². The van der Waals surface area contributed by atoms with Crippen LogP contribution in [-0.2, 0) is 9.53 Å². The number of primary amides is 1. The number of rotatable bonds is 6. The lowest BCUT2D eigenvalue weighted by Crippen LogP contribution is -2.47. The van der Waals surface area contributed by atoms with Crippen LogP contribution in [0, 0.1) is 10.1 Å². The van der Waals surface area contributed by atoms with Crippen molar-refractivity contribution in [1.82, 2.24) is 4.90 Å². The van der Waals surface area contributed by atoms with Crippen LogP contribution in [0.4, 0.5) is 0 Å². The minimum Gasteiger partial charge on any atom is -0.370 e. The SMILES string of the molecule is CC(C)(C)OC(CC(N)=O)N1CCN=C1C[N+](=O)[O-]. The standard InChI is InChI=1S/C11H20N4O4/c1-11(2,3)19-10(6-8(12)16)14-5-4-13-9(14)7-15(17)18/h10H,4-7H2,1-3H3,(H2,12,16). The van der Waals surface area contributed by atoms with Crippen molar-refractivity contribution >= 4 is 11.7 Å². The fraction of sp³-hybridized carbons (Fsp3) is 0.818. The molecule has 1 rings (SSSR count). The first-order valence-corrected chi connectivity index (χ1v) is 6.07. The van der Waals surface area contributed by atoms with E-state index < -0.39 is 22.7 Å². The number of nitro groups is 1. The second-order valence-corrected chi connectivity index (χ2v) is 5.34. The number of carbonyl (C=O) groups excluding carboxylic acids is 1. The Hall–Kier alpha value is -1.70. The molecule has 0 radical (unpaired) electrons. The third-order valence-corrected chi connectivity index (χ3v) is 2.45. The Balaban J connectivity index is 2.81.